The molecule has 1 aromatic heterocycles. The van der Waals surface area contributed by atoms with Crippen molar-refractivity contribution >= 4 is 6.03 Å². The second kappa shape index (κ2) is 6.33. The van der Waals surface area contributed by atoms with Gasteiger partial charge in [0, 0.05) is 31.7 Å². The van der Waals surface area contributed by atoms with Gasteiger partial charge in [0.2, 0.25) is 0 Å². The third-order valence-corrected chi connectivity index (χ3v) is 3.35. The first-order valence-corrected chi connectivity index (χ1v) is 6.58. The lowest BCUT2D eigenvalue weighted by atomic mass is 10.2. The third kappa shape index (κ3) is 4.62. The van der Waals surface area contributed by atoms with Gasteiger partial charge in [0.25, 0.3) is 0 Å². The lowest BCUT2D eigenvalue weighted by Crippen LogP contribution is -2.57. The van der Waals surface area contributed by atoms with Crippen molar-refractivity contribution in [3.05, 3.63) is 18.0 Å². The highest BCUT2D eigenvalue weighted by Crippen LogP contribution is 2.20. The van der Waals surface area contributed by atoms with Crippen LogP contribution in [0.3, 0.4) is 0 Å². The molecule has 9 heteroatoms. The number of hydrogen-bond donors (Lipinski definition) is 1. The van der Waals surface area contributed by atoms with E-state index < -0.39 is 12.7 Å². The van der Waals surface area contributed by atoms with Gasteiger partial charge in [0.15, 0.2) is 0 Å². The molecule has 6 nitrogen and oxygen atoms in total. The average molecular weight is 306 g/mol. The molecule has 118 valence electrons. The monoisotopic (exact) mass is 306 g/mol. The number of nitrogens with zero attached hydrogens (tertiary/aromatic N) is 3. The third-order valence-electron chi connectivity index (χ3n) is 3.35. The van der Waals surface area contributed by atoms with E-state index in [-0.39, 0.29) is 38.3 Å². The summed E-state index contributed by atoms with van der Waals surface area (Å²) in [6, 6.07) is 0.985. The minimum absolute atomic E-state index is 0.206. The summed E-state index contributed by atoms with van der Waals surface area (Å²) in [5.74, 6) is 0. The fourth-order valence-corrected chi connectivity index (χ4v) is 2.25. The van der Waals surface area contributed by atoms with E-state index in [4.69, 9.17) is 0 Å². The number of carbonyl (C=O) groups excluding carboxylic acids is 1. The van der Waals surface area contributed by atoms with Crippen molar-refractivity contribution in [2.45, 2.75) is 25.7 Å². The van der Waals surface area contributed by atoms with Gasteiger partial charge >= 0.3 is 12.2 Å². The Hall–Kier alpha value is -1.77. The van der Waals surface area contributed by atoms with Gasteiger partial charge in [-0.05, 0) is 6.92 Å². The zero-order chi connectivity index (χ0) is 15.5. The highest BCUT2D eigenvalue weighted by Gasteiger charge is 2.35. The van der Waals surface area contributed by atoms with Crippen LogP contribution in [0.1, 0.15) is 12.6 Å². The Morgan fingerprint density at radius 3 is 2.86 bits per heavy atom. The molecule has 1 fully saturated rings. The van der Waals surface area contributed by atoms with Crippen LogP contribution in [-0.2, 0) is 6.54 Å². The van der Waals surface area contributed by atoms with Crippen LogP contribution in [0.4, 0.5) is 18.0 Å². The quantitative estimate of drug-likeness (QED) is 0.918. The van der Waals surface area contributed by atoms with E-state index in [2.05, 4.69) is 15.0 Å². The molecule has 1 saturated heterocycles. The standard InChI is InChI=1S/C12H17F3N4O2/c1-9-7-18(3-4-19(9)8-12(13,14)15)11(20)16-6-10-2-5-21-17-10/h2,5,9H,3-4,6-8H2,1H3,(H,16,20)/t9-/m1/s1. The fraction of sp³-hybridized carbons (Fsp3) is 0.667. The molecule has 0 bridgehead atoms. The fourth-order valence-electron chi connectivity index (χ4n) is 2.25. The Bertz CT molecular complexity index is 464. The summed E-state index contributed by atoms with van der Waals surface area (Å²) in [5, 5.41) is 6.32. The number of halogens is 3. The van der Waals surface area contributed by atoms with Crippen LogP contribution in [0, 0.1) is 0 Å². The summed E-state index contributed by atoms with van der Waals surface area (Å²) in [4.78, 5) is 14.8. The van der Waals surface area contributed by atoms with Crippen LogP contribution in [-0.4, -0.2) is 59.4 Å². The highest BCUT2D eigenvalue weighted by molar-refractivity contribution is 5.74. The van der Waals surface area contributed by atoms with Gasteiger partial charge in [-0.1, -0.05) is 5.16 Å². The zero-order valence-corrected chi connectivity index (χ0v) is 11.6. The van der Waals surface area contributed by atoms with Gasteiger partial charge in [0.1, 0.15) is 12.0 Å². The maximum Gasteiger partial charge on any atom is 0.401 e. The zero-order valence-electron chi connectivity index (χ0n) is 11.6. The number of amides is 2. The van der Waals surface area contributed by atoms with Crippen LogP contribution < -0.4 is 5.32 Å². The molecule has 0 aliphatic carbocycles. The van der Waals surface area contributed by atoms with E-state index in [9.17, 15) is 18.0 Å². The predicted octanol–water partition coefficient (Wildman–Crippen LogP) is 1.45. The Balaban J connectivity index is 1.80. The van der Waals surface area contributed by atoms with Crippen LogP contribution in [0.5, 0.6) is 0 Å². The van der Waals surface area contributed by atoms with Crippen LogP contribution in [0.2, 0.25) is 0 Å². The van der Waals surface area contributed by atoms with Crippen molar-refractivity contribution < 1.29 is 22.5 Å². The molecule has 1 aliphatic rings. The lowest BCUT2D eigenvalue weighted by molar-refractivity contribution is -0.153. The van der Waals surface area contributed by atoms with Crippen molar-refractivity contribution in [1.82, 2.24) is 20.3 Å². The van der Waals surface area contributed by atoms with Crippen LogP contribution >= 0.6 is 0 Å². The summed E-state index contributed by atoms with van der Waals surface area (Å²) in [6.45, 7) is 1.71. The van der Waals surface area contributed by atoms with Crippen molar-refractivity contribution in [3.8, 4) is 0 Å². The number of rotatable bonds is 3. The van der Waals surface area contributed by atoms with Crippen LogP contribution in [0.25, 0.3) is 0 Å². The molecule has 0 unspecified atom stereocenters. The van der Waals surface area contributed by atoms with E-state index in [0.29, 0.717) is 5.69 Å². The van der Waals surface area contributed by atoms with E-state index >= 15 is 0 Å². The molecular weight excluding hydrogens is 289 g/mol. The predicted molar refractivity (Wildman–Crippen MR) is 67.4 cm³/mol. The van der Waals surface area contributed by atoms with Crippen molar-refractivity contribution in [3.63, 3.8) is 0 Å². The molecule has 1 atom stereocenters. The summed E-state index contributed by atoms with van der Waals surface area (Å²) < 4.78 is 41.8. The number of hydrogen-bond acceptors (Lipinski definition) is 4. The highest BCUT2D eigenvalue weighted by atomic mass is 19.4. The minimum atomic E-state index is -4.22. The van der Waals surface area contributed by atoms with Crippen molar-refractivity contribution in [2.24, 2.45) is 0 Å². The van der Waals surface area contributed by atoms with Crippen molar-refractivity contribution in [1.29, 1.82) is 0 Å². The minimum Gasteiger partial charge on any atom is -0.364 e. The second-order valence-electron chi connectivity index (χ2n) is 5.03. The molecular formula is C12H17F3N4O2. The van der Waals surface area contributed by atoms with Gasteiger partial charge in [-0.25, -0.2) is 4.79 Å². The van der Waals surface area contributed by atoms with Gasteiger partial charge in [-0.2, -0.15) is 13.2 Å². The maximum atomic E-state index is 12.4. The number of aromatic nitrogens is 1. The summed E-state index contributed by atoms with van der Waals surface area (Å²) in [7, 11) is 0. The Morgan fingerprint density at radius 2 is 2.29 bits per heavy atom. The molecule has 2 heterocycles. The first-order chi connectivity index (χ1) is 9.85. The molecule has 0 saturated carbocycles. The molecule has 2 amide bonds. The smallest absolute Gasteiger partial charge is 0.364 e. The van der Waals surface area contributed by atoms with E-state index in [0.717, 1.165) is 0 Å². The second-order valence-corrected chi connectivity index (χ2v) is 5.03. The van der Waals surface area contributed by atoms with E-state index in [1.54, 1.807) is 13.0 Å². The van der Waals surface area contributed by atoms with Gasteiger partial charge in [0.05, 0.1) is 13.1 Å². The van der Waals surface area contributed by atoms with Gasteiger partial charge < -0.3 is 14.7 Å². The molecule has 1 aromatic rings. The summed E-state index contributed by atoms with van der Waals surface area (Å²) in [6.07, 6.45) is -2.81. The molecule has 1 aliphatic heterocycles. The summed E-state index contributed by atoms with van der Waals surface area (Å²) in [5.41, 5.74) is 0.590. The first-order valence-electron chi connectivity index (χ1n) is 6.58. The Labute approximate surface area is 119 Å². The number of piperazine rings is 1. The molecule has 21 heavy (non-hydrogen) atoms. The Morgan fingerprint density at radius 1 is 1.52 bits per heavy atom. The average Bonchev–Trinajstić information content (AvgIpc) is 2.90. The van der Waals surface area contributed by atoms with Crippen LogP contribution in [0.15, 0.2) is 16.9 Å². The SMILES string of the molecule is C[C@@H]1CN(C(=O)NCc2ccon2)CCN1CC(F)(F)F. The molecule has 0 spiro atoms. The summed E-state index contributed by atoms with van der Waals surface area (Å²) >= 11 is 0. The first kappa shape index (κ1) is 15.6. The molecule has 0 radical (unpaired) electrons. The number of urea groups is 1. The topological polar surface area (TPSA) is 61.6 Å². The maximum absolute atomic E-state index is 12.4. The number of nitrogens with one attached hydrogen (secondary N) is 1. The molecule has 1 N–H and O–H groups in total. The number of alkyl halides is 3. The normalized spacial score (nSPS) is 20.6. The van der Waals surface area contributed by atoms with Gasteiger partial charge in [-0.15, -0.1) is 0 Å². The number of carbonyl (C=O) groups is 1. The van der Waals surface area contributed by atoms with Gasteiger partial charge in [-0.3, -0.25) is 4.90 Å². The molecule has 2 rings (SSSR count). The lowest BCUT2D eigenvalue weighted by Gasteiger charge is -2.39. The molecule has 0 aromatic carbocycles. The van der Waals surface area contributed by atoms with E-state index in [1.165, 1.54) is 16.1 Å². The van der Waals surface area contributed by atoms with E-state index in [1.807, 2.05) is 0 Å². The van der Waals surface area contributed by atoms with Crippen molar-refractivity contribution in [2.75, 3.05) is 26.2 Å². The Kier molecular flexibility index (Phi) is 4.71. The largest absolute Gasteiger partial charge is 0.401 e.